The lowest BCUT2D eigenvalue weighted by molar-refractivity contribution is 0.505. The van der Waals surface area contributed by atoms with Crippen LogP contribution >= 0.6 is 12.4 Å². The van der Waals surface area contributed by atoms with E-state index >= 15 is 0 Å². The first-order chi connectivity index (χ1) is 12.6. The van der Waals surface area contributed by atoms with E-state index < -0.39 is 0 Å². The first-order valence-electron chi connectivity index (χ1n) is 8.62. The second kappa shape index (κ2) is 7.43. The molecule has 1 aliphatic rings. The van der Waals surface area contributed by atoms with Gasteiger partial charge in [0.2, 0.25) is 0 Å². The molecule has 0 amide bonds. The van der Waals surface area contributed by atoms with E-state index in [1.807, 2.05) is 36.7 Å². The van der Waals surface area contributed by atoms with Crippen LogP contribution in [0.2, 0.25) is 0 Å². The van der Waals surface area contributed by atoms with Crippen LogP contribution in [0.3, 0.4) is 0 Å². The van der Waals surface area contributed by atoms with E-state index in [4.69, 9.17) is 15.2 Å². The summed E-state index contributed by atoms with van der Waals surface area (Å²) in [6.45, 7) is 6.39. The molecule has 8 heteroatoms. The summed E-state index contributed by atoms with van der Waals surface area (Å²) in [7, 11) is 0. The van der Waals surface area contributed by atoms with Gasteiger partial charge in [0, 0.05) is 24.2 Å². The fourth-order valence-electron chi connectivity index (χ4n) is 3.40. The number of nitriles is 1. The Bertz CT molecular complexity index is 1010. The molecule has 3 N–H and O–H groups in total. The molecule has 0 radical (unpaired) electrons. The van der Waals surface area contributed by atoms with Gasteiger partial charge in [0.05, 0.1) is 17.1 Å². The number of rotatable bonds is 2. The number of pyridine rings is 1. The number of halogens is 1. The fourth-order valence-corrected chi connectivity index (χ4v) is 3.40. The number of nitrogens with zero attached hydrogens (tertiary/aromatic N) is 4. The van der Waals surface area contributed by atoms with E-state index in [2.05, 4.69) is 16.4 Å². The molecule has 0 saturated carbocycles. The van der Waals surface area contributed by atoms with Gasteiger partial charge in [-0.2, -0.15) is 10.4 Å². The number of aromatic nitrogens is 3. The molecule has 27 heavy (non-hydrogen) atoms. The van der Waals surface area contributed by atoms with Crippen molar-refractivity contribution in [3.05, 3.63) is 41.0 Å². The van der Waals surface area contributed by atoms with Crippen LogP contribution in [0.1, 0.15) is 29.2 Å². The van der Waals surface area contributed by atoms with Crippen molar-refractivity contribution < 1.29 is 4.42 Å². The van der Waals surface area contributed by atoms with Crippen molar-refractivity contribution >= 4 is 18.2 Å². The van der Waals surface area contributed by atoms with Crippen molar-refractivity contribution in [1.82, 2.24) is 20.1 Å². The fraction of sp³-hybridized carbons (Fsp3) is 0.316. The van der Waals surface area contributed by atoms with Crippen LogP contribution in [-0.4, -0.2) is 21.3 Å². The van der Waals surface area contributed by atoms with Crippen LogP contribution in [0.25, 0.3) is 22.5 Å². The van der Waals surface area contributed by atoms with Crippen LogP contribution in [0.15, 0.2) is 22.6 Å². The minimum atomic E-state index is 0. The Morgan fingerprint density at radius 3 is 2.74 bits per heavy atom. The summed E-state index contributed by atoms with van der Waals surface area (Å²) in [5.41, 5.74) is 10.6. The molecule has 0 fully saturated rings. The number of nitrogens with one attached hydrogen (secondary N) is 1. The molecule has 0 aromatic carbocycles. The molecule has 0 saturated heterocycles. The van der Waals surface area contributed by atoms with E-state index in [9.17, 15) is 5.26 Å². The van der Waals surface area contributed by atoms with Gasteiger partial charge in [-0.25, -0.2) is 4.98 Å². The van der Waals surface area contributed by atoms with Crippen LogP contribution in [0.5, 0.6) is 0 Å². The quantitative estimate of drug-likeness (QED) is 0.702. The zero-order valence-corrected chi connectivity index (χ0v) is 16.1. The number of anilines is 1. The second-order valence-corrected chi connectivity index (χ2v) is 6.53. The normalized spacial score (nSPS) is 13.4. The first kappa shape index (κ1) is 19.0. The lowest BCUT2D eigenvalue weighted by Crippen LogP contribution is -2.11. The maximum absolute atomic E-state index is 9.59. The summed E-state index contributed by atoms with van der Waals surface area (Å²) in [4.78, 5) is 4.42. The number of hydrogen-bond acceptors (Lipinski definition) is 6. The smallest absolute Gasteiger partial charge is 0.142 e. The summed E-state index contributed by atoms with van der Waals surface area (Å²) >= 11 is 0. The Kier molecular flexibility index (Phi) is 5.22. The van der Waals surface area contributed by atoms with E-state index in [0.717, 1.165) is 54.5 Å². The number of nitrogen functional groups attached to an aromatic ring is 1. The maximum atomic E-state index is 9.59. The van der Waals surface area contributed by atoms with E-state index in [-0.39, 0.29) is 18.2 Å². The molecule has 4 rings (SSSR count). The average Bonchev–Trinajstić information content (AvgIpc) is 3.09. The predicted molar refractivity (Wildman–Crippen MR) is 105 cm³/mol. The Balaban J connectivity index is 0.00000210. The molecule has 3 aromatic heterocycles. The van der Waals surface area contributed by atoms with Gasteiger partial charge in [-0.05, 0) is 45.0 Å². The molecule has 0 spiro atoms. The number of nitrogens with two attached hydrogens (primary N) is 1. The molecule has 140 valence electrons. The number of aryl methyl sites for hydroxylation is 3. The standard InChI is InChI=1S/C19H20N6O.ClH/c1-11-6-14(12(2)26-11)17-8-15(16(9-20)19(21)23-17)18-7-13-10-22-4-3-5-25(13)24-18;/h6-8,22H,3-5,10H2,1-2H3,(H2,21,23);1H. The topological polar surface area (TPSA) is 106 Å². The van der Waals surface area contributed by atoms with Crippen molar-refractivity contribution in [3.8, 4) is 28.6 Å². The largest absolute Gasteiger partial charge is 0.466 e. The summed E-state index contributed by atoms with van der Waals surface area (Å²) in [5, 5.41) is 17.7. The zero-order chi connectivity index (χ0) is 18.3. The molecular formula is C19H21ClN6O. The highest BCUT2D eigenvalue weighted by Gasteiger charge is 2.19. The van der Waals surface area contributed by atoms with Crippen LogP contribution < -0.4 is 11.1 Å². The van der Waals surface area contributed by atoms with Gasteiger partial charge in [0.15, 0.2) is 0 Å². The molecular weight excluding hydrogens is 364 g/mol. The van der Waals surface area contributed by atoms with Crippen molar-refractivity contribution in [3.63, 3.8) is 0 Å². The Hall–Kier alpha value is -2.82. The highest BCUT2D eigenvalue weighted by molar-refractivity contribution is 5.85. The van der Waals surface area contributed by atoms with Gasteiger partial charge in [-0.15, -0.1) is 12.4 Å². The van der Waals surface area contributed by atoms with Crippen LogP contribution in [-0.2, 0) is 13.1 Å². The molecule has 3 aromatic rings. The van der Waals surface area contributed by atoms with Crippen LogP contribution in [0.4, 0.5) is 5.82 Å². The minimum absolute atomic E-state index is 0. The van der Waals surface area contributed by atoms with Crippen molar-refractivity contribution in [2.24, 2.45) is 0 Å². The number of fused-ring (bicyclic) bond motifs is 1. The van der Waals surface area contributed by atoms with Gasteiger partial charge in [-0.3, -0.25) is 4.68 Å². The van der Waals surface area contributed by atoms with E-state index in [1.54, 1.807) is 0 Å². The van der Waals surface area contributed by atoms with Gasteiger partial charge in [0.1, 0.15) is 29.0 Å². The lowest BCUT2D eigenvalue weighted by Gasteiger charge is -2.08. The number of furan rings is 1. The second-order valence-electron chi connectivity index (χ2n) is 6.53. The van der Waals surface area contributed by atoms with Gasteiger partial charge >= 0.3 is 0 Å². The monoisotopic (exact) mass is 384 g/mol. The van der Waals surface area contributed by atoms with Crippen molar-refractivity contribution in [2.75, 3.05) is 12.3 Å². The van der Waals surface area contributed by atoms with Crippen LogP contribution in [0, 0.1) is 25.2 Å². The highest BCUT2D eigenvalue weighted by Crippen LogP contribution is 2.33. The average molecular weight is 385 g/mol. The van der Waals surface area contributed by atoms with Gasteiger partial charge in [0.25, 0.3) is 0 Å². The molecule has 0 unspecified atom stereocenters. The third-order valence-corrected chi connectivity index (χ3v) is 4.65. The molecule has 7 nitrogen and oxygen atoms in total. The van der Waals surface area contributed by atoms with Crippen molar-refractivity contribution in [1.29, 1.82) is 5.26 Å². The van der Waals surface area contributed by atoms with E-state index in [0.29, 0.717) is 16.8 Å². The minimum Gasteiger partial charge on any atom is -0.466 e. The number of hydrogen-bond donors (Lipinski definition) is 2. The summed E-state index contributed by atoms with van der Waals surface area (Å²) in [6.07, 6.45) is 1.02. The lowest BCUT2D eigenvalue weighted by atomic mass is 10.0. The SMILES string of the molecule is Cc1cc(-c2cc(-c3cc4n(n3)CCCNC4)c(C#N)c(N)n2)c(C)o1.Cl. The Labute approximate surface area is 163 Å². The van der Waals surface area contributed by atoms with Gasteiger partial charge < -0.3 is 15.5 Å². The Morgan fingerprint density at radius 1 is 1.22 bits per heavy atom. The maximum Gasteiger partial charge on any atom is 0.142 e. The molecule has 4 heterocycles. The van der Waals surface area contributed by atoms with Gasteiger partial charge in [-0.1, -0.05) is 0 Å². The zero-order valence-electron chi connectivity index (χ0n) is 15.2. The van der Waals surface area contributed by atoms with E-state index in [1.165, 1.54) is 0 Å². The summed E-state index contributed by atoms with van der Waals surface area (Å²) < 4.78 is 7.62. The first-order valence-corrected chi connectivity index (χ1v) is 8.62. The predicted octanol–water partition coefficient (Wildman–Crippen LogP) is 3.19. The molecule has 1 aliphatic heterocycles. The molecule has 0 bridgehead atoms. The highest BCUT2D eigenvalue weighted by atomic mass is 35.5. The molecule has 0 atom stereocenters. The molecule has 0 aliphatic carbocycles. The summed E-state index contributed by atoms with van der Waals surface area (Å²) in [6, 6.07) is 8.00. The third-order valence-electron chi connectivity index (χ3n) is 4.65. The van der Waals surface area contributed by atoms with Crippen molar-refractivity contribution in [2.45, 2.75) is 33.4 Å². The summed E-state index contributed by atoms with van der Waals surface area (Å²) in [5.74, 6) is 1.79. The third kappa shape index (κ3) is 3.42. The Morgan fingerprint density at radius 2 is 2.04 bits per heavy atom.